The van der Waals surface area contributed by atoms with Gasteiger partial charge in [-0.2, -0.15) is 0 Å². The summed E-state index contributed by atoms with van der Waals surface area (Å²) in [4.78, 5) is 11.2. The molecular formula is C22H23F2NO2. The zero-order valence-corrected chi connectivity index (χ0v) is 15.7. The molecule has 1 aromatic carbocycles. The van der Waals surface area contributed by atoms with Crippen molar-refractivity contribution in [3.05, 3.63) is 77.4 Å². The first-order chi connectivity index (χ1) is 12.9. The minimum Gasteiger partial charge on any atom is -0.451 e. The molecule has 0 bridgehead atoms. The summed E-state index contributed by atoms with van der Waals surface area (Å²) in [6.07, 6.45) is 14.3. The summed E-state index contributed by atoms with van der Waals surface area (Å²) >= 11 is 0. The lowest BCUT2D eigenvalue weighted by Crippen LogP contribution is -2.09. The van der Waals surface area contributed by atoms with Gasteiger partial charge in [-0.1, -0.05) is 25.5 Å². The van der Waals surface area contributed by atoms with Crippen molar-refractivity contribution < 1.29 is 18.3 Å². The predicted octanol–water partition coefficient (Wildman–Crippen LogP) is 5.18. The third-order valence-corrected chi connectivity index (χ3v) is 3.53. The van der Waals surface area contributed by atoms with E-state index < -0.39 is 23.2 Å². The van der Waals surface area contributed by atoms with Crippen molar-refractivity contribution in [2.24, 2.45) is 0 Å². The van der Waals surface area contributed by atoms with Gasteiger partial charge in [0, 0.05) is 24.0 Å². The van der Waals surface area contributed by atoms with Gasteiger partial charge in [0.2, 0.25) is 5.78 Å². The Kier molecular flexibility index (Phi) is 9.32. The number of nitrogens with one attached hydrogen (secondary N) is 1. The summed E-state index contributed by atoms with van der Waals surface area (Å²) in [6.45, 7) is 5.66. The van der Waals surface area contributed by atoms with E-state index in [1.54, 1.807) is 12.2 Å². The van der Waals surface area contributed by atoms with Gasteiger partial charge in [-0.15, -0.1) is 6.42 Å². The number of ketones is 1. The van der Waals surface area contributed by atoms with Gasteiger partial charge in [0.15, 0.2) is 17.4 Å². The topological polar surface area (TPSA) is 38.3 Å². The van der Waals surface area contributed by atoms with Crippen LogP contribution in [-0.4, -0.2) is 5.78 Å². The largest absolute Gasteiger partial charge is 0.451 e. The fourth-order valence-electron chi connectivity index (χ4n) is 1.94. The van der Waals surface area contributed by atoms with Crippen LogP contribution >= 0.6 is 0 Å². The van der Waals surface area contributed by atoms with E-state index in [0.29, 0.717) is 12.1 Å². The number of halogens is 2. The van der Waals surface area contributed by atoms with Crippen LogP contribution in [0, 0.1) is 24.0 Å². The molecule has 0 unspecified atom stereocenters. The summed E-state index contributed by atoms with van der Waals surface area (Å²) in [5.41, 5.74) is 1.44. The SMILES string of the molecule is C#CC(=O)/C=C\NC(=C/C(=C/CCC)Oc1c(F)cccc1F)/C(C)=C\C. The molecule has 0 aliphatic heterocycles. The molecule has 142 valence electrons. The maximum atomic E-state index is 13.9. The van der Waals surface area contributed by atoms with E-state index in [0.717, 1.165) is 24.1 Å². The van der Waals surface area contributed by atoms with Gasteiger partial charge in [-0.25, -0.2) is 8.78 Å². The molecular weight excluding hydrogens is 348 g/mol. The molecule has 0 atom stereocenters. The van der Waals surface area contributed by atoms with E-state index in [9.17, 15) is 13.6 Å². The zero-order chi connectivity index (χ0) is 20.2. The van der Waals surface area contributed by atoms with Crippen LogP contribution in [0.5, 0.6) is 5.75 Å². The Labute approximate surface area is 159 Å². The first-order valence-corrected chi connectivity index (χ1v) is 8.53. The van der Waals surface area contributed by atoms with Crippen molar-refractivity contribution in [2.75, 3.05) is 0 Å². The number of unbranched alkanes of at least 4 members (excludes halogenated alkanes) is 1. The van der Waals surface area contributed by atoms with E-state index in [4.69, 9.17) is 11.2 Å². The van der Waals surface area contributed by atoms with Crippen LogP contribution < -0.4 is 10.1 Å². The van der Waals surface area contributed by atoms with Crippen LogP contribution in [0.4, 0.5) is 8.78 Å². The Hall–Kier alpha value is -3.13. The van der Waals surface area contributed by atoms with Gasteiger partial charge in [0.05, 0.1) is 0 Å². The van der Waals surface area contributed by atoms with Crippen molar-refractivity contribution in [1.82, 2.24) is 5.32 Å². The van der Waals surface area contributed by atoms with Crippen LogP contribution in [0.15, 0.2) is 65.7 Å². The maximum Gasteiger partial charge on any atom is 0.229 e. The van der Waals surface area contributed by atoms with Crippen LogP contribution in [0.1, 0.15) is 33.6 Å². The number of allylic oxidation sites excluding steroid dienone is 5. The molecule has 0 heterocycles. The second kappa shape index (κ2) is 11.5. The average Bonchev–Trinajstić information content (AvgIpc) is 2.66. The molecule has 0 saturated carbocycles. The lowest BCUT2D eigenvalue weighted by molar-refractivity contribution is -0.109. The van der Waals surface area contributed by atoms with Gasteiger partial charge < -0.3 is 10.1 Å². The van der Waals surface area contributed by atoms with Crippen molar-refractivity contribution in [1.29, 1.82) is 0 Å². The highest BCUT2D eigenvalue weighted by Crippen LogP contribution is 2.24. The Bertz CT molecular complexity index is 807. The van der Waals surface area contributed by atoms with Crippen LogP contribution in [0.2, 0.25) is 0 Å². The number of carbonyl (C=O) groups excluding carboxylic acids is 1. The Morgan fingerprint density at radius 1 is 1.33 bits per heavy atom. The smallest absolute Gasteiger partial charge is 0.229 e. The quantitative estimate of drug-likeness (QED) is 0.214. The highest BCUT2D eigenvalue weighted by atomic mass is 19.1. The lowest BCUT2D eigenvalue weighted by atomic mass is 10.1. The van der Waals surface area contributed by atoms with Gasteiger partial charge in [0.25, 0.3) is 0 Å². The van der Waals surface area contributed by atoms with Crippen molar-refractivity contribution in [3.63, 3.8) is 0 Å². The second-order valence-electron chi connectivity index (χ2n) is 5.56. The van der Waals surface area contributed by atoms with E-state index >= 15 is 0 Å². The monoisotopic (exact) mass is 371 g/mol. The first kappa shape index (κ1) is 21.9. The number of carbonyl (C=O) groups is 1. The van der Waals surface area contributed by atoms with Crippen LogP contribution in [-0.2, 0) is 4.79 Å². The average molecular weight is 371 g/mol. The van der Waals surface area contributed by atoms with Crippen molar-refractivity contribution >= 4 is 5.78 Å². The number of terminal acetylenes is 1. The van der Waals surface area contributed by atoms with E-state index in [-0.39, 0.29) is 5.76 Å². The molecule has 27 heavy (non-hydrogen) atoms. The number of ether oxygens (including phenoxy) is 1. The fraction of sp³-hybridized carbons (Fsp3) is 0.227. The number of hydrogen-bond acceptors (Lipinski definition) is 3. The number of rotatable bonds is 9. The summed E-state index contributed by atoms with van der Waals surface area (Å²) in [6, 6.07) is 3.53. The molecule has 1 rings (SSSR count). The van der Waals surface area contributed by atoms with Crippen LogP contribution in [0.3, 0.4) is 0 Å². The molecule has 0 amide bonds. The normalized spacial score (nSPS) is 12.8. The highest BCUT2D eigenvalue weighted by Gasteiger charge is 2.12. The van der Waals surface area contributed by atoms with E-state index in [2.05, 4.69) is 5.32 Å². The predicted molar refractivity (Wildman–Crippen MR) is 104 cm³/mol. The summed E-state index contributed by atoms with van der Waals surface area (Å²) < 4.78 is 33.3. The summed E-state index contributed by atoms with van der Waals surface area (Å²) in [5, 5.41) is 2.95. The third-order valence-electron chi connectivity index (χ3n) is 3.53. The molecule has 1 N–H and O–H groups in total. The van der Waals surface area contributed by atoms with Crippen molar-refractivity contribution in [2.45, 2.75) is 33.6 Å². The van der Waals surface area contributed by atoms with Crippen LogP contribution in [0.25, 0.3) is 0 Å². The molecule has 0 saturated heterocycles. The van der Waals surface area contributed by atoms with Gasteiger partial charge in [0.1, 0.15) is 5.76 Å². The first-order valence-electron chi connectivity index (χ1n) is 8.53. The molecule has 0 aliphatic rings. The minimum atomic E-state index is -0.789. The maximum absolute atomic E-state index is 13.9. The Morgan fingerprint density at radius 2 is 2.00 bits per heavy atom. The summed E-state index contributed by atoms with van der Waals surface area (Å²) in [7, 11) is 0. The number of benzene rings is 1. The van der Waals surface area contributed by atoms with E-state index in [1.165, 1.54) is 18.3 Å². The number of para-hydroxylation sites is 1. The molecule has 5 heteroatoms. The molecule has 1 aromatic rings. The van der Waals surface area contributed by atoms with Gasteiger partial charge in [-0.3, -0.25) is 4.79 Å². The Morgan fingerprint density at radius 3 is 2.56 bits per heavy atom. The fourth-order valence-corrected chi connectivity index (χ4v) is 1.94. The zero-order valence-electron chi connectivity index (χ0n) is 15.7. The molecule has 0 aliphatic carbocycles. The lowest BCUT2D eigenvalue weighted by Gasteiger charge is -2.12. The molecule has 0 spiro atoms. The van der Waals surface area contributed by atoms with E-state index in [1.807, 2.05) is 32.8 Å². The standard InChI is InChI=1S/C22H23F2NO2/c1-5-8-10-18(27-22-19(23)11-9-12-20(22)24)15-21(16(4)6-2)25-14-13-17(26)7-3/h3,6,9-15,25H,5,8H2,1-2,4H3/b14-13-,16-6-,18-10-,21-15+. The number of hydrogen-bond donors (Lipinski definition) is 1. The molecule has 0 aromatic heterocycles. The highest BCUT2D eigenvalue weighted by molar-refractivity contribution is 6.03. The molecule has 0 radical (unpaired) electrons. The third kappa shape index (κ3) is 7.33. The Balaban J connectivity index is 3.23. The van der Waals surface area contributed by atoms with Gasteiger partial charge in [-0.05, 0) is 50.0 Å². The molecule has 0 fully saturated rings. The van der Waals surface area contributed by atoms with Crippen molar-refractivity contribution in [3.8, 4) is 18.1 Å². The van der Waals surface area contributed by atoms with Gasteiger partial charge >= 0.3 is 0 Å². The second-order valence-corrected chi connectivity index (χ2v) is 5.56. The molecule has 3 nitrogen and oxygen atoms in total. The minimum absolute atomic E-state index is 0.279. The summed E-state index contributed by atoms with van der Waals surface area (Å²) in [5.74, 6) is -0.269.